The maximum absolute atomic E-state index is 13.5. The fraction of sp³-hybridized carbons (Fsp3) is 0.273. The van der Waals surface area contributed by atoms with E-state index in [0.717, 1.165) is 22.1 Å². The summed E-state index contributed by atoms with van der Waals surface area (Å²) in [4.78, 5) is 1.21. The van der Waals surface area contributed by atoms with E-state index in [1.165, 1.54) is 22.3 Å². The highest BCUT2D eigenvalue weighted by Crippen LogP contribution is 2.29. The predicted octanol–water partition coefficient (Wildman–Crippen LogP) is 4.34. The lowest BCUT2D eigenvalue weighted by Crippen LogP contribution is -1.80. The third-order valence-corrected chi connectivity index (χ3v) is 3.80. The first-order valence-corrected chi connectivity index (χ1v) is 5.86. The van der Waals surface area contributed by atoms with Gasteiger partial charge in [-0.2, -0.15) is 0 Å². The molecule has 0 aliphatic rings. The van der Waals surface area contributed by atoms with E-state index in [1.54, 1.807) is 0 Å². The smallest absolute Gasteiger partial charge is 0.141 e. The average Bonchev–Trinajstić information content (AvgIpc) is 2.61. The first kappa shape index (κ1) is 9.94. The van der Waals surface area contributed by atoms with Crippen LogP contribution in [0.2, 0.25) is 0 Å². The van der Waals surface area contributed by atoms with Gasteiger partial charge in [-0.25, -0.2) is 4.39 Å². The second kappa shape index (κ2) is 3.87. The molecule has 0 spiro atoms. The van der Waals surface area contributed by atoms with Gasteiger partial charge in [0.1, 0.15) is 5.82 Å². The van der Waals surface area contributed by atoms with Crippen LogP contribution in [0.3, 0.4) is 0 Å². The van der Waals surface area contributed by atoms with Crippen LogP contribution >= 0.6 is 22.9 Å². The van der Waals surface area contributed by atoms with Gasteiger partial charge < -0.3 is 0 Å². The quantitative estimate of drug-likeness (QED) is 0.671. The van der Waals surface area contributed by atoms with E-state index in [9.17, 15) is 4.39 Å². The molecular formula is C11H10ClFS. The van der Waals surface area contributed by atoms with Gasteiger partial charge in [-0.05, 0) is 35.6 Å². The van der Waals surface area contributed by atoms with Gasteiger partial charge >= 0.3 is 0 Å². The van der Waals surface area contributed by atoms with E-state index in [2.05, 4.69) is 6.92 Å². The van der Waals surface area contributed by atoms with Crippen LogP contribution in [-0.4, -0.2) is 0 Å². The molecule has 0 amide bonds. The number of benzene rings is 1. The molecule has 1 aromatic heterocycles. The van der Waals surface area contributed by atoms with Gasteiger partial charge in [0.05, 0.1) is 4.70 Å². The fourth-order valence-electron chi connectivity index (χ4n) is 1.47. The Morgan fingerprint density at radius 2 is 2.14 bits per heavy atom. The van der Waals surface area contributed by atoms with Gasteiger partial charge in [-0.3, -0.25) is 0 Å². The van der Waals surface area contributed by atoms with Crippen LogP contribution in [0.1, 0.15) is 17.4 Å². The molecule has 0 bridgehead atoms. The number of hydrogen-bond donors (Lipinski definition) is 0. The topological polar surface area (TPSA) is 0 Å². The summed E-state index contributed by atoms with van der Waals surface area (Å²) in [5.74, 6) is 0.215. The number of thiophene rings is 1. The van der Waals surface area contributed by atoms with Crippen molar-refractivity contribution < 1.29 is 4.39 Å². The highest BCUT2D eigenvalue weighted by molar-refractivity contribution is 7.19. The summed E-state index contributed by atoms with van der Waals surface area (Å²) in [7, 11) is 0. The maximum Gasteiger partial charge on any atom is 0.141 e. The molecule has 0 aliphatic carbocycles. The molecule has 0 fully saturated rings. The Bertz CT molecular complexity index is 462. The molecule has 0 N–H and O–H groups in total. The van der Waals surface area contributed by atoms with E-state index in [4.69, 9.17) is 11.6 Å². The Kier molecular flexibility index (Phi) is 2.75. The minimum absolute atomic E-state index is 0.150. The number of alkyl halides is 1. The van der Waals surface area contributed by atoms with Crippen molar-refractivity contribution in [2.24, 2.45) is 0 Å². The number of fused-ring (bicyclic) bond motifs is 1. The summed E-state index contributed by atoms with van der Waals surface area (Å²) in [6.45, 7) is 2.07. The lowest BCUT2D eigenvalue weighted by molar-refractivity contribution is 0.640. The van der Waals surface area contributed by atoms with Crippen molar-refractivity contribution in [2.45, 2.75) is 19.2 Å². The molecule has 0 atom stereocenters. The number of hydrogen-bond acceptors (Lipinski definition) is 1. The van der Waals surface area contributed by atoms with Crippen LogP contribution in [0.4, 0.5) is 4.39 Å². The minimum Gasteiger partial charge on any atom is -0.205 e. The van der Waals surface area contributed by atoms with Gasteiger partial charge in [0, 0.05) is 10.8 Å². The second-order valence-electron chi connectivity index (χ2n) is 3.20. The molecule has 0 nitrogen and oxygen atoms in total. The molecule has 1 heterocycles. The summed E-state index contributed by atoms with van der Waals surface area (Å²) < 4.78 is 14.3. The first-order chi connectivity index (χ1) is 6.74. The monoisotopic (exact) mass is 228 g/mol. The molecule has 3 heteroatoms. The minimum atomic E-state index is -0.150. The summed E-state index contributed by atoms with van der Waals surface area (Å²) in [5, 5.41) is 0.975. The Morgan fingerprint density at radius 1 is 1.36 bits per heavy atom. The number of aryl methyl sites for hydroxylation is 1. The normalized spacial score (nSPS) is 11.1. The SMILES string of the molecule is CCc1cc2cc(CCl)cc(F)c2s1. The van der Waals surface area contributed by atoms with Crippen molar-refractivity contribution in [3.63, 3.8) is 0 Å². The summed E-state index contributed by atoms with van der Waals surface area (Å²) in [5.41, 5.74) is 0.845. The van der Waals surface area contributed by atoms with Crippen molar-refractivity contribution in [3.8, 4) is 0 Å². The van der Waals surface area contributed by atoms with Crippen LogP contribution < -0.4 is 0 Å². The Labute approximate surface area is 91.3 Å². The molecule has 14 heavy (non-hydrogen) atoms. The van der Waals surface area contributed by atoms with E-state index in [0.29, 0.717) is 5.88 Å². The first-order valence-electron chi connectivity index (χ1n) is 4.51. The molecular weight excluding hydrogens is 219 g/mol. The molecule has 2 aromatic rings. The summed E-state index contributed by atoms with van der Waals surface area (Å²) >= 11 is 7.20. The molecule has 74 valence electrons. The largest absolute Gasteiger partial charge is 0.205 e. The summed E-state index contributed by atoms with van der Waals surface area (Å²) in [6.07, 6.45) is 0.953. The van der Waals surface area contributed by atoms with E-state index in [1.807, 2.05) is 12.1 Å². The predicted molar refractivity (Wildman–Crippen MR) is 60.7 cm³/mol. The zero-order chi connectivity index (χ0) is 10.1. The van der Waals surface area contributed by atoms with Crippen molar-refractivity contribution in [1.82, 2.24) is 0 Å². The highest BCUT2D eigenvalue weighted by Gasteiger charge is 2.07. The van der Waals surface area contributed by atoms with Gasteiger partial charge in [0.25, 0.3) is 0 Å². The van der Waals surface area contributed by atoms with Gasteiger partial charge in [-0.15, -0.1) is 22.9 Å². The van der Waals surface area contributed by atoms with Crippen molar-refractivity contribution in [2.75, 3.05) is 0 Å². The summed E-state index contributed by atoms with van der Waals surface area (Å²) in [6, 6.07) is 5.52. The van der Waals surface area contributed by atoms with Crippen LogP contribution in [0.5, 0.6) is 0 Å². The fourth-order valence-corrected chi connectivity index (χ4v) is 2.61. The van der Waals surface area contributed by atoms with Gasteiger partial charge in [-0.1, -0.05) is 6.92 Å². The van der Waals surface area contributed by atoms with E-state index in [-0.39, 0.29) is 5.82 Å². The molecule has 0 saturated heterocycles. The maximum atomic E-state index is 13.5. The van der Waals surface area contributed by atoms with Gasteiger partial charge in [0.15, 0.2) is 0 Å². The number of halogens is 2. The van der Waals surface area contributed by atoms with Crippen molar-refractivity contribution >= 4 is 33.0 Å². The van der Waals surface area contributed by atoms with E-state index < -0.39 is 0 Å². The molecule has 1 aromatic carbocycles. The second-order valence-corrected chi connectivity index (χ2v) is 4.60. The van der Waals surface area contributed by atoms with Crippen LogP contribution in [-0.2, 0) is 12.3 Å². The Hall–Kier alpha value is -0.600. The third kappa shape index (κ3) is 1.64. The van der Waals surface area contributed by atoms with Gasteiger partial charge in [0.2, 0.25) is 0 Å². The molecule has 0 saturated carbocycles. The van der Waals surface area contributed by atoms with Crippen LogP contribution in [0.15, 0.2) is 18.2 Å². The Morgan fingerprint density at radius 3 is 2.79 bits per heavy atom. The molecule has 0 radical (unpaired) electrons. The number of rotatable bonds is 2. The Balaban J connectivity index is 2.67. The highest BCUT2D eigenvalue weighted by atomic mass is 35.5. The lowest BCUT2D eigenvalue weighted by Gasteiger charge is -1.96. The zero-order valence-electron chi connectivity index (χ0n) is 7.81. The lowest BCUT2D eigenvalue weighted by atomic mass is 10.2. The standard InChI is InChI=1S/C11H10ClFS/c1-2-9-5-8-3-7(6-12)4-10(13)11(8)14-9/h3-5H,2,6H2,1H3. The zero-order valence-corrected chi connectivity index (χ0v) is 9.38. The third-order valence-electron chi connectivity index (χ3n) is 2.18. The molecule has 0 unspecified atom stereocenters. The molecule has 2 rings (SSSR count). The average molecular weight is 229 g/mol. The van der Waals surface area contributed by atoms with E-state index >= 15 is 0 Å². The molecule has 0 aliphatic heterocycles. The van der Waals surface area contributed by atoms with Crippen molar-refractivity contribution in [1.29, 1.82) is 0 Å². The van der Waals surface area contributed by atoms with Crippen molar-refractivity contribution in [3.05, 3.63) is 34.5 Å². The van der Waals surface area contributed by atoms with Crippen LogP contribution in [0, 0.1) is 5.82 Å². The van der Waals surface area contributed by atoms with Crippen LogP contribution in [0.25, 0.3) is 10.1 Å².